The van der Waals surface area contributed by atoms with Gasteiger partial charge in [0, 0.05) is 38.5 Å². The molecule has 2 aromatic rings. The van der Waals surface area contributed by atoms with Crippen LogP contribution in [0.1, 0.15) is 6.42 Å². The van der Waals surface area contributed by atoms with Crippen LogP contribution in [0, 0.1) is 0 Å². The molecule has 0 saturated carbocycles. The Morgan fingerprint density at radius 1 is 1.33 bits per heavy atom. The van der Waals surface area contributed by atoms with Gasteiger partial charge in [0.2, 0.25) is 5.88 Å². The first kappa shape index (κ1) is 16.6. The van der Waals surface area contributed by atoms with Gasteiger partial charge in [-0.25, -0.2) is 9.97 Å². The van der Waals surface area contributed by atoms with E-state index in [0.29, 0.717) is 17.7 Å². The number of ether oxygens (including phenoxy) is 2. The minimum Gasteiger partial charge on any atom is -0.437 e. The van der Waals surface area contributed by atoms with Crippen LogP contribution in [0.5, 0.6) is 11.6 Å². The minimum absolute atomic E-state index is 0.215. The Kier molecular flexibility index (Phi) is 5.22. The largest absolute Gasteiger partial charge is 0.437 e. The first-order valence-corrected chi connectivity index (χ1v) is 8.00. The van der Waals surface area contributed by atoms with Crippen molar-refractivity contribution >= 4 is 5.82 Å². The Balaban J connectivity index is 1.78. The number of likely N-dealkylation sites (N-methyl/N-ethyl adjacent to an activating group) is 1. The van der Waals surface area contributed by atoms with Crippen LogP contribution < -0.4 is 9.64 Å². The van der Waals surface area contributed by atoms with Gasteiger partial charge in [0.05, 0.1) is 12.3 Å². The maximum atomic E-state index is 5.77. The number of hydrogen-bond donors (Lipinski definition) is 0. The van der Waals surface area contributed by atoms with Crippen molar-refractivity contribution in [3.8, 4) is 11.6 Å². The third-order valence-electron chi connectivity index (χ3n) is 4.06. The van der Waals surface area contributed by atoms with Crippen LogP contribution in [0.25, 0.3) is 0 Å². The predicted octanol–water partition coefficient (Wildman–Crippen LogP) is 1.82. The minimum atomic E-state index is 0.215. The van der Waals surface area contributed by atoms with Crippen LogP contribution in [-0.4, -0.2) is 66.3 Å². The molecule has 0 unspecified atom stereocenters. The molecule has 0 bridgehead atoms. The number of hydrogen-bond acceptors (Lipinski definition) is 7. The fraction of sp³-hybridized carbons (Fsp3) is 0.471. The van der Waals surface area contributed by atoms with E-state index in [2.05, 4.69) is 38.8 Å². The molecule has 128 valence electrons. The smallest absolute Gasteiger partial charge is 0.224 e. The van der Waals surface area contributed by atoms with Crippen LogP contribution in [0.15, 0.2) is 36.9 Å². The van der Waals surface area contributed by atoms with E-state index in [4.69, 9.17) is 9.47 Å². The summed E-state index contributed by atoms with van der Waals surface area (Å²) in [5.41, 5.74) is 0. The Morgan fingerprint density at radius 3 is 2.92 bits per heavy atom. The summed E-state index contributed by atoms with van der Waals surface area (Å²) >= 11 is 0. The molecule has 7 nitrogen and oxygen atoms in total. The third kappa shape index (κ3) is 3.98. The molecule has 2 atom stereocenters. The standard InChI is InChI=1S/C17H23N5O2/c1-21(2)10-13-7-15(23-3)11-22(13)16-8-17(20-12-19-16)24-14-5-4-6-18-9-14/h4-6,8-9,12-13,15H,7,10-11H2,1-3H3/t13-,15-/m0/s1. The lowest BCUT2D eigenvalue weighted by Gasteiger charge is -2.27. The number of anilines is 1. The Labute approximate surface area is 142 Å². The normalized spacial score (nSPS) is 20.6. The molecule has 1 saturated heterocycles. The first-order valence-electron chi connectivity index (χ1n) is 8.00. The molecule has 0 amide bonds. The molecular formula is C17H23N5O2. The van der Waals surface area contributed by atoms with Gasteiger partial charge in [-0.2, -0.15) is 0 Å². The summed E-state index contributed by atoms with van der Waals surface area (Å²) in [5, 5.41) is 0. The lowest BCUT2D eigenvalue weighted by atomic mass is 10.2. The van der Waals surface area contributed by atoms with Crippen molar-refractivity contribution in [2.75, 3.05) is 39.2 Å². The molecule has 3 heterocycles. The topological polar surface area (TPSA) is 63.6 Å². The Morgan fingerprint density at radius 2 is 2.21 bits per heavy atom. The summed E-state index contributed by atoms with van der Waals surface area (Å²) in [7, 11) is 5.92. The second-order valence-corrected chi connectivity index (χ2v) is 6.17. The molecular weight excluding hydrogens is 306 g/mol. The quantitative estimate of drug-likeness (QED) is 0.801. The molecule has 1 aliphatic rings. The fourth-order valence-electron chi connectivity index (χ4n) is 2.99. The predicted molar refractivity (Wildman–Crippen MR) is 91.4 cm³/mol. The average Bonchev–Trinajstić information content (AvgIpc) is 2.98. The summed E-state index contributed by atoms with van der Waals surface area (Å²) in [6, 6.07) is 5.90. The van der Waals surface area contributed by atoms with Gasteiger partial charge in [0.15, 0.2) is 0 Å². The summed E-state index contributed by atoms with van der Waals surface area (Å²) < 4.78 is 11.3. The lowest BCUT2D eigenvalue weighted by Crippen LogP contribution is -2.38. The molecule has 2 aromatic heterocycles. The SMILES string of the molecule is CO[C@H]1C[C@@H](CN(C)C)N(c2cc(Oc3cccnc3)ncn2)C1. The number of nitrogens with zero attached hydrogens (tertiary/aromatic N) is 5. The Bertz CT molecular complexity index is 652. The van der Waals surface area contributed by atoms with Crippen molar-refractivity contribution in [2.45, 2.75) is 18.6 Å². The molecule has 0 aromatic carbocycles. The number of rotatable bonds is 6. The van der Waals surface area contributed by atoms with E-state index in [0.717, 1.165) is 25.3 Å². The monoisotopic (exact) mass is 329 g/mol. The van der Waals surface area contributed by atoms with Crippen molar-refractivity contribution in [3.63, 3.8) is 0 Å². The first-order chi connectivity index (χ1) is 11.7. The van der Waals surface area contributed by atoms with Crippen LogP contribution in [0.3, 0.4) is 0 Å². The second-order valence-electron chi connectivity index (χ2n) is 6.17. The van der Waals surface area contributed by atoms with Crippen molar-refractivity contribution in [3.05, 3.63) is 36.9 Å². The highest BCUT2D eigenvalue weighted by molar-refractivity contribution is 5.44. The van der Waals surface area contributed by atoms with E-state index in [-0.39, 0.29) is 6.10 Å². The van der Waals surface area contributed by atoms with Gasteiger partial charge in [-0.05, 0) is 32.6 Å². The van der Waals surface area contributed by atoms with Gasteiger partial charge in [-0.1, -0.05) is 0 Å². The van der Waals surface area contributed by atoms with E-state index >= 15 is 0 Å². The third-order valence-corrected chi connectivity index (χ3v) is 4.06. The number of aromatic nitrogens is 3. The van der Waals surface area contributed by atoms with E-state index in [1.165, 1.54) is 6.33 Å². The molecule has 7 heteroatoms. The van der Waals surface area contributed by atoms with Gasteiger partial charge >= 0.3 is 0 Å². The number of pyridine rings is 1. The van der Waals surface area contributed by atoms with Crippen molar-refractivity contribution in [1.82, 2.24) is 19.9 Å². The summed E-state index contributed by atoms with van der Waals surface area (Å²) in [6.45, 7) is 1.76. The van der Waals surface area contributed by atoms with Crippen molar-refractivity contribution in [2.24, 2.45) is 0 Å². The fourth-order valence-corrected chi connectivity index (χ4v) is 2.99. The van der Waals surface area contributed by atoms with Crippen molar-refractivity contribution in [1.29, 1.82) is 0 Å². The molecule has 0 aliphatic carbocycles. The van der Waals surface area contributed by atoms with Gasteiger partial charge in [-0.3, -0.25) is 4.98 Å². The molecule has 3 rings (SSSR count). The summed E-state index contributed by atoms with van der Waals surface area (Å²) in [5.74, 6) is 2.02. The van der Waals surface area contributed by atoms with Gasteiger partial charge in [0.25, 0.3) is 0 Å². The zero-order valence-electron chi connectivity index (χ0n) is 14.3. The van der Waals surface area contributed by atoms with E-state index in [1.54, 1.807) is 19.5 Å². The van der Waals surface area contributed by atoms with Crippen LogP contribution in [0.2, 0.25) is 0 Å². The maximum Gasteiger partial charge on any atom is 0.224 e. The van der Waals surface area contributed by atoms with Gasteiger partial charge < -0.3 is 19.3 Å². The highest BCUT2D eigenvalue weighted by Crippen LogP contribution is 2.28. The van der Waals surface area contributed by atoms with Crippen LogP contribution >= 0.6 is 0 Å². The molecule has 24 heavy (non-hydrogen) atoms. The lowest BCUT2D eigenvalue weighted by molar-refractivity contribution is 0.117. The second kappa shape index (κ2) is 7.55. The van der Waals surface area contributed by atoms with E-state index < -0.39 is 0 Å². The molecule has 1 fully saturated rings. The van der Waals surface area contributed by atoms with Crippen LogP contribution in [0.4, 0.5) is 5.82 Å². The van der Waals surface area contributed by atoms with E-state index in [9.17, 15) is 0 Å². The Hall–Kier alpha value is -2.25. The zero-order valence-corrected chi connectivity index (χ0v) is 14.3. The van der Waals surface area contributed by atoms with Crippen molar-refractivity contribution < 1.29 is 9.47 Å². The molecule has 0 spiro atoms. The highest BCUT2D eigenvalue weighted by atomic mass is 16.5. The molecule has 0 radical (unpaired) electrons. The average molecular weight is 329 g/mol. The summed E-state index contributed by atoms with van der Waals surface area (Å²) in [4.78, 5) is 17.1. The highest BCUT2D eigenvalue weighted by Gasteiger charge is 2.33. The molecule has 1 aliphatic heterocycles. The van der Waals surface area contributed by atoms with Gasteiger partial charge in [-0.15, -0.1) is 0 Å². The number of methoxy groups -OCH3 is 1. The van der Waals surface area contributed by atoms with Crippen LogP contribution in [-0.2, 0) is 4.74 Å². The molecule has 0 N–H and O–H groups in total. The van der Waals surface area contributed by atoms with Gasteiger partial charge in [0.1, 0.15) is 17.9 Å². The summed E-state index contributed by atoms with van der Waals surface area (Å²) in [6.07, 6.45) is 6.10. The maximum absolute atomic E-state index is 5.77. The van der Waals surface area contributed by atoms with E-state index in [1.807, 2.05) is 18.2 Å². The zero-order chi connectivity index (χ0) is 16.9.